The number of rotatable bonds is 5. The largest absolute Gasteiger partial charge is 0.496 e. The van der Waals surface area contributed by atoms with Gasteiger partial charge in [0.05, 0.1) is 18.4 Å². The van der Waals surface area contributed by atoms with E-state index in [4.69, 9.17) is 9.47 Å². The van der Waals surface area contributed by atoms with Gasteiger partial charge >= 0.3 is 12.1 Å². The van der Waals surface area contributed by atoms with Crippen molar-refractivity contribution in [1.82, 2.24) is 0 Å². The number of carbonyl (C=O) groups excluding carboxylic acids is 1. The van der Waals surface area contributed by atoms with Crippen LogP contribution in [0.1, 0.15) is 54.4 Å². The Labute approximate surface area is 181 Å². The molecule has 4 fully saturated rings. The van der Waals surface area contributed by atoms with Gasteiger partial charge in [0.2, 0.25) is 0 Å². The molecule has 0 saturated heterocycles. The Bertz CT molecular complexity index is 995. The first-order chi connectivity index (χ1) is 15.0. The van der Waals surface area contributed by atoms with Crippen molar-refractivity contribution in [2.24, 2.45) is 17.8 Å². The van der Waals surface area contributed by atoms with Gasteiger partial charge in [-0.2, -0.15) is 0 Å². The van der Waals surface area contributed by atoms with E-state index in [0.717, 1.165) is 29.1 Å². The lowest BCUT2D eigenvalue weighted by Gasteiger charge is -2.57. The predicted octanol–water partition coefficient (Wildman–Crippen LogP) is 5.47. The van der Waals surface area contributed by atoms with E-state index in [1.807, 2.05) is 12.1 Å². The van der Waals surface area contributed by atoms with Crippen LogP contribution in [0.15, 0.2) is 42.5 Å². The second kappa shape index (κ2) is 7.59. The number of carbonyl (C=O) groups is 2. The number of anilines is 1. The summed E-state index contributed by atoms with van der Waals surface area (Å²) in [6, 6.07) is 11.8. The molecule has 31 heavy (non-hydrogen) atoms. The van der Waals surface area contributed by atoms with Crippen LogP contribution in [0.2, 0.25) is 0 Å². The van der Waals surface area contributed by atoms with Crippen LogP contribution < -0.4 is 14.8 Å². The molecule has 2 aromatic carbocycles. The molecule has 0 radical (unpaired) electrons. The summed E-state index contributed by atoms with van der Waals surface area (Å²) in [6.07, 6.45) is 6.87. The molecule has 0 aromatic heterocycles. The Kier molecular flexibility index (Phi) is 4.88. The van der Waals surface area contributed by atoms with Gasteiger partial charge in [0.15, 0.2) is 0 Å². The third-order valence-electron chi connectivity index (χ3n) is 7.39. The quantitative estimate of drug-likeness (QED) is 0.668. The highest BCUT2D eigenvalue weighted by Gasteiger charge is 2.52. The van der Waals surface area contributed by atoms with Crippen molar-refractivity contribution in [3.05, 3.63) is 53.6 Å². The van der Waals surface area contributed by atoms with Gasteiger partial charge in [-0.3, -0.25) is 5.32 Å². The molecular formula is C25H27NO5. The zero-order valence-corrected chi connectivity index (χ0v) is 17.6. The molecular weight excluding hydrogens is 394 g/mol. The minimum atomic E-state index is -1.11. The summed E-state index contributed by atoms with van der Waals surface area (Å²) in [5.74, 6) is 2.55. The van der Waals surface area contributed by atoms with E-state index in [1.54, 1.807) is 31.4 Å². The van der Waals surface area contributed by atoms with Gasteiger partial charge in [-0.05, 0) is 92.0 Å². The fourth-order valence-electron chi connectivity index (χ4n) is 6.63. The van der Waals surface area contributed by atoms with E-state index in [2.05, 4.69) is 5.32 Å². The van der Waals surface area contributed by atoms with Crippen LogP contribution in [0.5, 0.6) is 11.5 Å². The number of methoxy groups -OCH3 is 1. The van der Waals surface area contributed by atoms with Crippen LogP contribution in [-0.2, 0) is 5.41 Å². The molecule has 0 unspecified atom stereocenters. The first-order valence-corrected chi connectivity index (χ1v) is 11.0. The number of benzene rings is 2. The van der Waals surface area contributed by atoms with E-state index in [9.17, 15) is 14.7 Å². The van der Waals surface area contributed by atoms with Gasteiger partial charge < -0.3 is 14.6 Å². The van der Waals surface area contributed by atoms with Crippen molar-refractivity contribution >= 4 is 17.7 Å². The average Bonchev–Trinajstić information content (AvgIpc) is 2.73. The maximum Gasteiger partial charge on any atom is 0.417 e. The van der Waals surface area contributed by atoms with Crippen molar-refractivity contribution < 1.29 is 24.2 Å². The molecule has 4 aliphatic carbocycles. The monoisotopic (exact) mass is 421 g/mol. The SMILES string of the molecule is COc1ccc(OC(=O)Nc2ccccc2C(=O)O)cc1C12CC3CC(CC(C3)C1)C2. The minimum Gasteiger partial charge on any atom is -0.496 e. The van der Waals surface area contributed by atoms with Crippen molar-refractivity contribution in [2.45, 2.75) is 43.9 Å². The van der Waals surface area contributed by atoms with Gasteiger partial charge in [0, 0.05) is 5.56 Å². The highest BCUT2D eigenvalue weighted by Crippen LogP contribution is 2.62. The molecule has 0 spiro atoms. The number of ether oxygens (including phenoxy) is 2. The molecule has 0 atom stereocenters. The second-order valence-electron chi connectivity index (χ2n) is 9.43. The smallest absolute Gasteiger partial charge is 0.417 e. The number of hydrogen-bond acceptors (Lipinski definition) is 4. The molecule has 2 aromatic rings. The van der Waals surface area contributed by atoms with Gasteiger partial charge in [0.25, 0.3) is 0 Å². The minimum absolute atomic E-state index is 0.0171. The van der Waals surface area contributed by atoms with Gasteiger partial charge in [-0.1, -0.05) is 12.1 Å². The second-order valence-corrected chi connectivity index (χ2v) is 9.43. The number of para-hydroxylation sites is 1. The first kappa shape index (κ1) is 19.9. The van der Waals surface area contributed by atoms with E-state index >= 15 is 0 Å². The number of nitrogens with one attached hydrogen (secondary N) is 1. The van der Waals surface area contributed by atoms with Crippen molar-refractivity contribution in [1.29, 1.82) is 0 Å². The van der Waals surface area contributed by atoms with E-state index in [1.165, 1.54) is 44.6 Å². The van der Waals surface area contributed by atoms with E-state index in [0.29, 0.717) is 5.75 Å². The zero-order chi connectivity index (χ0) is 21.6. The topological polar surface area (TPSA) is 84.9 Å². The van der Waals surface area contributed by atoms with Crippen molar-refractivity contribution in [3.63, 3.8) is 0 Å². The van der Waals surface area contributed by atoms with E-state index < -0.39 is 12.1 Å². The maximum absolute atomic E-state index is 12.5. The Morgan fingerprint density at radius 3 is 2.26 bits per heavy atom. The molecule has 4 aliphatic rings. The van der Waals surface area contributed by atoms with Gasteiger partial charge in [-0.25, -0.2) is 9.59 Å². The molecule has 2 N–H and O–H groups in total. The summed E-state index contributed by atoms with van der Waals surface area (Å²) in [6.45, 7) is 0. The molecule has 6 nitrogen and oxygen atoms in total. The third-order valence-corrected chi connectivity index (χ3v) is 7.39. The fourth-order valence-corrected chi connectivity index (χ4v) is 6.63. The molecule has 1 amide bonds. The van der Waals surface area contributed by atoms with Crippen LogP contribution in [0.25, 0.3) is 0 Å². The Hall–Kier alpha value is -3.02. The number of aromatic carboxylic acids is 1. The molecule has 4 saturated carbocycles. The van der Waals surface area contributed by atoms with Crippen LogP contribution >= 0.6 is 0 Å². The van der Waals surface area contributed by atoms with Crippen LogP contribution in [0.4, 0.5) is 10.5 Å². The average molecular weight is 421 g/mol. The lowest BCUT2D eigenvalue weighted by atomic mass is 9.48. The van der Waals surface area contributed by atoms with Gasteiger partial charge in [0.1, 0.15) is 11.5 Å². The van der Waals surface area contributed by atoms with Gasteiger partial charge in [-0.15, -0.1) is 0 Å². The Morgan fingerprint density at radius 1 is 1.00 bits per heavy atom. The van der Waals surface area contributed by atoms with Crippen molar-refractivity contribution in [3.8, 4) is 11.5 Å². The van der Waals surface area contributed by atoms with Crippen molar-refractivity contribution in [2.75, 3.05) is 12.4 Å². The Balaban J connectivity index is 1.39. The van der Waals surface area contributed by atoms with Crippen LogP contribution in [0, 0.1) is 17.8 Å². The number of carboxylic acids is 1. The third kappa shape index (κ3) is 3.64. The number of amides is 1. The summed E-state index contributed by atoms with van der Waals surface area (Å²) in [7, 11) is 1.69. The molecule has 6 rings (SSSR count). The normalized spacial score (nSPS) is 28.2. The highest BCUT2D eigenvalue weighted by molar-refractivity contribution is 5.99. The molecule has 0 heterocycles. The van der Waals surface area contributed by atoms with Crippen LogP contribution in [-0.4, -0.2) is 24.3 Å². The number of hydrogen-bond donors (Lipinski definition) is 2. The van der Waals surface area contributed by atoms with Crippen LogP contribution in [0.3, 0.4) is 0 Å². The highest BCUT2D eigenvalue weighted by atomic mass is 16.6. The summed E-state index contributed by atoms with van der Waals surface area (Å²) in [5.41, 5.74) is 1.47. The van der Waals surface area contributed by atoms with E-state index in [-0.39, 0.29) is 16.7 Å². The summed E-state index contributed by atoms with van der Waals surface area (Å²) < 4.78 is 11.3. The summed E-state index contributed by atoms with van der Waals surface area (Å²) in [4.78, 5) is 23.9. The molecule has 6 heteroatoms. The lowest BCUT2D eigenvalue weighted by Crippen LogP contribution is -2.48. The zero-order valence-electron chi connectivity index (χ0n) is 17.6. The number of carboxylic acid groups (broad SMARTS) is 1. The molecule has 162 valence electrons. The molecule has 0 aliphatic heterocycles. The summed E-state index contributed by atoms with van der Waals surface area (Å²) >= 11 is 0. The maximum atomic E-state index is 12.5. The summed E-state index contributed by atoms with van der Waals surface area (Å²) in [5, 5.41) is 11.9. The molecule has 4 bridgehead atoms. The fraction of sp³-hybridized carbons (Fsp3) is 0.440. The first-order valence-electron chi connectivity index (χ1n) is 11.0. The Morgan fingerprint density at radius 2 is 1.65 bits per heavy atom. The standard InChI is InChI=1S/C25H27NO5/c1-30-22-7-6-18(31-24(29)26-21-5-3-2-4-19(21)23(27)28)11-20(22)25-12-15-8-16(13-25)10-17(9-15)14-25/h2-7,11,15-17H,8-10,12-14H2,1H3,(H,26,29)(H,27,28). The lowest BCUT2D eigenvalue weighted by molar-refractivity contribution is -0.00623. The predicted molar refractivity (Wildman–Crippen MR) is 116 cm³/mol.